The van der Waals surface area contributed by atoms with Crippen LogP contribution in [-0.4, -0.2) is 47.0 Å². The zero-order valence-corrected chi connectivity index (χ0v) is 14.6. The first-order chi connectivity index (χ1) is 13.0. The Balaban J connectivity index is 1.64. The molecule has 8 nitrogen and oxygen atoms in total. The van der Waals surface area contributed by atoms with Crippen LogP contribution in [0.2, 0.25) is 0 Å². The summed E-state index contributed by atoms with van der Waals surface area (Å²) in [6, 6.07) is 9.05. The fourth-order valence-electron chi connectivity index (χ4n) is 2.99. The molecule has 2 N–H and O–H groups in total. The van der Waals surface area contributed by atoms with Crippen LogP contribution in [0.5, 0.6) is 5.75 Å². The van der Waals surface area contributed by atoms with Crippen molar-refractivity contribution in [1.82, 2.24) is 4.90 Å². The second-order valence-electron chi connectivity index (χ2n) is 6.18. The number of rotatable bonds is 6. The summed E-state index contributed by atoms with van der Waals surface area (Å²) < 4.78 is 10.2. The molecule has 2 heterocycles. The number of hydrogen-bond acceptors (Lipinski definition) is 5. The largest absolute Gasteiger partial charge is 0.482 e. The van der Waals surface area contributed by atoms with E-state index in [2.05, 4.69) is 5.32 Å². The van der Waals surface area contributed by atoms with Crippen molar-refractivity contribution < 1.29 is 28.6 Å². The Labute approximate surface area is 155 Å². The Morgan fingerprint density at radius 1 is 1.19 bits per heavy atom. The topological polar surface area (TPSA) is 109 Å². The van der Waals surface area contributed by atoms with Gasteiger partial charge in [0.25, 0.3) is 5.91 Å². The van der Waals surface area contributed by atoms with Crippen LogP contribution in [0, 0.1) is 0 Å². The van der Waals surface area contributed by atoms with Crippen LogP contribution in [0.25, 0.3) is 0 Å². The number of nitrogens with zero attached hydrogens (tertiary/aromatic N) is 1. The Kier molecular flexibility index (Phi) is 5.75. The minimum Gasteiger partial charge on any atom is -0.482 e. The van der Waals surface area contributed by atoms with E-state index in [1.54, 1.807) is 41.3 Å². The summed E-state index contributed by atoms with van der Waals surface area (Å²) in [4.78, 5) is 37.3. The van der Waals surface area contributed by atoms with E-state index in [9.17, 15) is 14.4 Å². The molecule has 142 valence electrons. The lowest BCUT2D eigenvalue weighted by Crippen LogP contribution is -2.49. The molecule has 1 aliphatic heterocycles. The van der Waals surface area contributed by atoms with Gasteiger partial charge in [0.05, 0.1) is 6.26 Å². The highest BCUT2D eigenvalue weighted by molar-refractivity contribution is 6.00. The molecule has 0 saturated carbocycles. The molecule has 2 aromatic rings. The van der Waals surface area contributed by atoms with E-state index in [0.29, 0.717) is 24.4 Å². The van der Waals surface area contributed by atoms with Crippen molar-refractivity contribution >= 4 is 23.5 Å². The monoisotopic (exact) mass is 372 g/mol. The van der Waals surface area contributed by atoms with Crippen LogP contribution < -0.4 is 10.1 Å². The summed E-state index contributed by atoms with van der Waals surface area (Å²) in [7, 11) is 0. The quantitative estimate of drug-likeness (QED) is 0.806. The van der Waals surface area contributed by atoms with Crippen molar-refractivity contribution in [2.24, 2.45) is 0 Å². The van der Waals surface area contributed by atoms with Crippen LogP contribution >= 0.6 is 0 Å². The number of carboxylic acids is 1. The molecule has 1 saturated heterocycles. The summed E-state index contributed by atoms with van der Waals surface area (Å²) in [5.74, 6) is -1.02. The Morgan fingerprint density at radius 2 is 1.96 bits per heavy atom. The molecule has 8 heteroatoms. The number of carbonyl (C=O) groups is 3. The van der Waals surface area contributed by atoms with Gasteiger partial charge in [0.15, 0.2) is 12.4 Å². The lowest BCUT2D eigenvalue weighted by molar-refractivity contribution is -0.139. The molecule has 0 radical (unpaired) electrons. The molecular formula is C19H20N2O6. The van der Waals surface area contributed by atoms with E-state index in [4.69, 9.17) is 14.3 Å². The van der Waals surface area contributed by atoms with Gasteiger partial charge >= 0.3 is 5.97 Å². The summed E-state index contributed by atoms with van der Waals surface area (Å²) >= 11 is 0. The maximum absolute atomic E-state index is 12.7. The third kappa shape index (κ3) is 4.66. The van der Waals surface area contributed by atoms with Gasteiger partial charge in [-0.25, -0.2) is 4.79 Å². The second kappa shape index (κ2) is 8.39. The van der Waals surface area contributed by atoms with Gasteiger partial charge in [0, 0.05) is 12.2 Å². The number of anilines is 1. The number of nitrogens with one attached hydrogen (secondary N) is 1. The first-order valence-electron chi connectivity index (χ1n) is 8.64. The number of furan rings is 1. The second-order valence-corrected chi connectivity index (χ2v) is 6.18. The Bertz CT molecular complexity index is 800. The van der Waals surface area contributed by atoms with E-state index in [0.717, 1.165) is 12.8 Å². The molecule has 2 amide bonds. The highest BCUT2D eigenvalue weighted by Gasteiger charge is 2.33. The van der Waals surface area contributed by atoms with Crippen molar-refractivity contribution in [2.45, 2.75) is 25.3 Å². The first-order valence-corrected chi connectivity index (χ1v) is 8.64. The fraction of sp³-hybridized carbons (Fsp3) is 0.316. The minimum atomic E-state index is -1.06. The van der Waals surface area contributed by atoms with Crippen molar-refractivity contribution in [2.75, 3.05) is 18.5 Å². The van der Waals surface area contributed by atoms with Crippen molar-refractivity contribution in [1.29, 1.82) is 0 Å². The van der Waals surface area contributed by atoms with Gasteiger partial charge in [-0.15, -0.1) is 0 Å². The number of hydrogen-bond donors (Lipinski definition) is 2. The number of likely N-dealkylation sites (tertiary alicyclic amines) is 1. The summed E-state index contributed by atoms with van der Waals surface area (Å²) in [6.45, 7) is 0.0667. The van der Waals surface area contributed by atoms with Gasteiger partial charge in [-0.05, 0) is 55.7 Å². The molecule has 1 aliphatic rings. The Hall–Kier alpha value is -3.29. The molecule has 1 aromatic carbocycles. The average Bonchev–Trinajstić information content (AvgIpc) is 3.21. The standard InChI is InChI=1S/C19H20N2O6/c22-17(23)12-27-14-8-6-13(7-9-14)20-18(24)15-4-1-2-10-21(15)19(25)16-5-3-11-26-16/h3,5-9,11,15H,1-2,4,10,12H2,(H,20,24)(H,22,23). The number of piperidine rings is 1. The summed E-state index contributed by atoms with van der Waals surface area (Å²) in [6.07, 6.45) is 3.71. The van der Waals surface area contributed by atoms with Crippen LogP contribution in [0.4, 0.5) is 5.69 Å². The predicted octanol–water partition coefficient (Wildman–Crippen LogP) is 2.38. The molecule has 0 bridgehead atoms. The average molecular weight is 372 g/mol. The van der Waals surface area contributed by atoms with Gasteiger partial charge in [0.2, 0.25) is 5.91 Å². The predicted molar refractivity (Wildman–Crippen MR) is 95.6 cm³/mol. The molecule has 1 atom stereocenters. The highest BCUT2D eigenvalue weighted by Crippen LogP contribution is 2.22. The third-order valence-electron chi connectivity index (χ3n) is 4.28. The number of ether oxygens (including phenoxy) is 1. The molecule has 1 fully saturated rings. The maximum atomic E-state index is 12.7. The summed E-state index contributed by atoms with van der Waals surface area (Å²) in [5, 5.41) is 11.4. The van der Waals surface area contributed by atoms with E-state index < -0.39 is 18.6 Å². The highest BCUT2D eigenvalue weighted by atomic mass is 16.5. The van der Waals surface area contributed by atoms with E-state index >= 15 is 0 Å². The van der Waals surface area contributed by atoms with E-state index in [1.165, 1.54) is 6.26 Å². The molecular weight excluding hydrogens is 352 g/mol. The van der Waals surface area contributed by atoms with Gasteiger partial charge < -0.3 is 24.5 Å². The van der Waals surface area contributed by atoms with Crippen molar-refractivity contribution in [3.63, 3.8) is 0 Å². The maximum Gasteiger partial charge on any atom is 0.341 e. The zero-order chi connectivity index (χ0) is 19.2. The number of benzene rings is 1. The van der Waals surface area contributed by atoms with Crippen molar-refractivity contribution in [3.05, 3.63) is 48.4 Å². The van der Waals surface area contributed by atoms with Crippen LogP contribution in [0.1, 0.15) is 29.8 Å². The SMILES string of the molecule is O=C(O)COc1ccc(NC(=O)C2CCCCN2C(=O)c2ccco2)cc1. The van der Waals surface area contributed by atoms with Crippen LogP contribution in [0.3, 0.4) is 0 Å². The van der Waals surface area contributed by atoms with E-state index in [1.807, 2.05) is 0 Å². The smallest absolute Gasteiger partial charge is 0.341 e. The van der Waals surface area contributed by atoms with E-state index in [-0.39, 0.29) is 17.6 Å². The minimum absolute atomic E-state index is 0.217. The molecule has 0 spiro atoms. The van der Waals surface area contributed by atoms with Gasteiger partial charge in [-0.1, -0.05) is 0 Å². The van der Waals surface area contributed by atoms with Crippen LogP contribution in [0.15, 0.2) is 47.1 Å². The van der Waals surface area contributed by atoms with Gasteiger partial charge in [-0.3, -0.25) is 9.59 Å². The number of carboxylic acid groups (broad SMARTS) is 1. The molecule has 3 rings (SSSR count). The zero-order valence-electron chi connectivity index (χ0n) is 14.6. The summed E-state index contributed by atoms with van der Waals surface area (Å²) in [5.41, 5.74) is 0.540. The lowest BCUT2D eigenvalue weighted by atomic mass is 10.0. The normalized spacial score (nSPS) is 16.6. The number of carbonyl (C=O) groups excluding carboxylic acids is 2. The first kappa shape index (κ1) is 18.5. The number of amides is 2. The molecule has 1 unspecified atom stereocenters. The van der Waals surface area contributed by atoms with Gasteiger partial charge in [0.1, 0.15) is 11.8 Å². The lowest BCUT2D eigenvalue weighted by Gasteiger charge is -2.34. The van der Waals surface area contributed by atoms with Gasteiger partial charge in [-0.2, -0.15) is 0 Å². The van der Waals surface area contributed by atoms with Crippen LogP contribution in [-0.2, 0) is 9.59 Å². The number of aliphatic carboxylic acids is 1. The van der Waals surface area contributed by atoms with Crippen molar-refractivity contribution in [3.8, 4) is 5.75 Å². The molecule has 27 heavy (non-hydrogen) atoms. The fourth-order valence-corrected chi connectivity index (χ4v) is 2.99. The molecule has 0 aliphatic carbocycles. The molecule has 1 aromatic heterocycles. The third-order valence-corrected chi connectivity index (χ3v) is 4.28. The Morgan fingerprint density at radius 3 is 2.63 bits per heavy atom.